The normalized spacial score (nSPS) is 20.3. The number of nitrogens with one attached hydrogen (secondary N) is 1. The molecule has 1 aliphatic heterocycles. The zero-order valence-corrected chi connectivity index (χ0v) is 15.9. The van der Waals surface area contributed by atoms with Crippen molar-refractivity contribution in [2.45, 2.75) is 38.7 Å². The highest BCUT2D eigenvalue weighted by atomic mass is 19.4. The molecule has 0 radical (unpaired) electrons. The Morgan fingerprint density at radius 1 is 1.11 bits per heavy atom. The Bertz CT molecular complexity index is 790. The van der Waals surface area contributed by atoms with Crippen molar-refractivity contribution >= 4 is 0 Å². The molecule has 1 heterocycles. The Hall–Kier alpha value is -1.92. The van der Waals surface area contributed by atoms with Crippen molar-refractivity contribution in [3.05, 3.63) is 70.3 Å². The molecule has 0 aromatic heterocycles. The van der Waals surface area contributed by atoms with Gasteiger partial charge in [-0.15, -0.1) is 0 Å². The first-order valence-electron chi connectivity index (χ1n) is 9.48. The van der Waals surface area contributed by atoms with Gasteiger partial charge in [0.25, 0.3) is 0 Å². The maximum absolute atomic E-state index is 13.0. The lowest BCUT2D eigenvalue weighted by Crippen LogP contribution is -2.38. The third kappa shape index (κ3) is 5.11. The summed E-state index contributed by atoms with van der Waals surface area (Å²) in [4.78, 5) is 0. The number of piperidine rings is 1. The SMILES string of the molecule is Cc1ccccc1[C@@H]1CCNC[C@H]1COCc1cc(CF)cc(C(F)(F)F)c1. The molecule has 2 nitrogen and oxygen atoms in total. The third-order valence-corrected chi connectivity index (χ3v) is 5.33. The largest absolute Gasteiger partial charge is 0.416 e. The molecule has 0 spiro atoms. The van der Waals surface area contributed by atoms with Crippen LogP contribution < -0.4 is 5.32 Å². The zero-order chi connectivity index (χ0) is 20.1. The van der Waals surface area contributed by atoms with E-state index in [0.29, 0.717) is 18.1 Å². The standard InChI is InChI=1S/C22H25F4NO/c1-15-4-2-3-5-20(15)21-6-7-27-12-18(21)14-28-13-17-8-16(11-23)9-19(10-17)22(24,25)26/h2-5,8-10,18,21,27H,6-7,11-14H2,1H3/t18-,21+/m0/s1. The Balaban J connectivity index is 1.67. The van der Waals surface area contributed by atoms with Crippen molar-refractivity contribution < 1.29 is 22.3 Å². The molecule has 6 heteroatoms. The minimum absolute atomic E-state index is 0.0190. The third-order valence-electron chi connectivity index (χ3n) is 5.33. The highest BCUT2D eigenvalue weighted by Gasteiger charge is 2.31. The second kappa shape index (κ2) is 9.05. The molecular formula is C22H25F4NO. The lowest BCUT2D eigenvalue weighted by atomic mass is 9.80. The highest BCUT2D eigenvalue weighted by Crippen LogP contribution is 2.33. The van der Waals surface area contributed by atoms with E-state index in [2.05, 4.69) is 24.4 Å². The summed E-state index contributed by atoms with van der Waals surface area (Å²) in [6.07, 6.45) is -3.50. The van der Waals surface area contributed by atoms with E-state index in [1.54, 1.807) is 0 Å². The maximum Gasteiger partial charge on any atom is 0.416 e. The molecule has 152 valence electrons. The summed E-state index contributed by atoms with van der Waals surface area (Å²) < 4.78 is 57.7. The van der Waals surface area contributed by atoms with Crippen LogP contribution in [0.1, 0.15) is 40.2 Å². The van der Waals surface area contributed by atoms with Gasteiger partial charge in [0.2, 0.25) is 0 Å². The van der Waals surface area contributed by atoms with Crippen molar-refractivity contribution in [2.75, 3.05) is 19.7 Å². The quantitative estimate of drug-likeness (QED) is 0.662. The number of halogens is 4. The van der Waals surface area contributed by atoms with E-state index in [1.165, 1.54) is 17.2 Å². The summed E-state index contributed by atoms with van der Waals surface area (Å²) in [6, 6.07) is 11.6. The maximum atomic E-state index is 13.0. The van der Waals surface area contributed by atoms with Crippen LogP contribution in [0.4, 0.5) is 17.6 Å². The second-order valence-corrected chi connectivity index (χ2v) is 7.40. The molecule has 1 fully saturated rings. The van der Waals surface area contributed by atoms with Gasteiger partial charge in [0.15, 0.2) is 0 Å². The van der Waals surface area contributed by atoms with Crippen LogP contribution in [0.3, 0.4) is 0 Å². The van der Waals surface area contributed by atoms with Crippen LogP contribution in [0.25, 0.3) is 0 Å². The van der Waals surface area contributed by atoms with Gasteiger partial charge in [-0.05, 0) is 60.2 Å². The number of hydrogen-bond acceptors (Lipinski definition) is 2. The van der Waals surface area contributed by atoms with Crippen LogP contribution in [0.15, 0.2) is 42.5 Å². The highest BCUT2D eigenvalue weighted by molar-refractivity contribution is 5.32. The van der Waals surface area contributed by atoms with Crippen molar-refractivity contribution in [2.24, 2.45) is 5.92 Å². The predicted octanol–water partition coefficient (Wildman–Crippen LogP) is 5.39. The van der Waals surface area contributed by atoms with Crippen LogP contribution >= 0.6 is 0 Å². The summed E-state index contributed by atoms with van der Waals surface area (Å²) in [5, 5.41) is 3.37. The smallest absolute Gasteiger partial charge is 0.376 e. The molecule has 0 bridgehead atoms. The van der Waals surface area contributed by atoms with Gasteiger partial charge in [0.05, 0.1) is 18.8 Å². The molecule has 1 N–H and O–H groups in total. The van der Waals surface area contributed by atoms with Gasteiger partial charge in [0.1, 0.15) is 6.67 Å². The Morgan fingerprint density at radius 2 is 1.86 bits per heavy atom. The first kappa shape index (κ1) is 20.8. The molecule has 0 unspecified atom stereocenters. The van der Waals surface area contributed by atoms with E-state index < -0.39 is 18.4 Å². The summed E-state index contributed by atoms with van der Waals surface area (Å²) in [5.41, 5.74) is 2.07. The average Bonchev–Trinajstić information content (AvgIpc) is 2.68. The molecule has 0 amide bonds. The number of ether oxygens (including phenoxy) is 1. The lowest BCUT2D eigenvalue weighted by Gasteiger charge is -2.33. The summed E-state index contributed by atoms with van der Waals surface area (Å²) in [6.45, 7) is 3.37. The first-order valence-corrected chi connectivity index (χ1v) is 9.48. The topological polar surface area (TPSA) is 21.3 Å². The van der Waals surface area contributed by atoms with E-state index in [4.69, 9.17) is 4.74 Å². The molecule has 0 saturated carbocycles. The van der Waals surface area contributed by atoms with Crippen LogP contribution in [0.2, 0.25) is 0 Å². The van der Waals surface area contributed by atoms with Gasteiger partial charge in [-0.1, -0.05) is 30.3 Å². The fraction of sp³-hybridized carbons (Fsp3) is 0.455. The fourth-order valence-electron chi connectivity index (χ4n) is 3.93. The molecule has 2 aromatic carbocycles. The first-order chi connectivity index (χ1) is 13.4. The summed E-state index contributed by atoms with van der Waals surface area (Å²) in [5.74, 6) is 0.589. The lowest BCUT2D eigenvalue weighted by molar-refractivity contribution is -0.137. The van der Waals surface area contributed by atoms with Gasteiger partial charge in [0, 0.05) is 12.5 Å². The van der Waals surface area contributed by atoms with E-state index in [1.807, 2.05) is 12.1 Å². The molecule has 1 aliphatic rings. The van der Waals surface area contributed by atoms with E-state index in [0.717, 1.165) is 31.6 Å². The fourth-order valence-corrected chi connectivity index (χ4v) is 3.93. The van der Waals surface area contributed by atoms with E-state index >= 15 is 0 Å². The molecular weight excluding hydrogens is 370 g/mol. The second-order valence-electron chi connectivity index (χ2n) is 7.40. The van der Waals surface area contributed by atoms with E-state index in [-0.39, 0.29) is 18.1 Å². The van der Waals surface area contributed by atoms with Crippen LogP contribution in [-0.4, -0.2) is 19.7 Å². The van der Waals surface area contributed by atoms with Crippen LogP contribution in [0.5, 0.6) is 0 Å². The molecule has 28 heavy (non-hydrogen) atoms. The van der Waals surface area contributed by atoms with Gasteiger partial charge in [-0.3, -0.25) is 0 Å². The number of aryl methyl sites for hydroxylation is 1. The van der Waals surface area contributed by atoms with Gasteiger partial charge in [-0.2, -0.15) is 13.2 Å². The van der Waals surface area contributed by atoms with Gasteiger partial charge >= 0.3 is 6.18 Å². The van der Waals surface area contributed by atoms with Gasteiger partial charge < -0.3 is 10.1 Å². The summed E-state index contributed by atoms with van der Waals surface area (Å²) >= 11 is 0. The molecule has 2 atom stereocenters. The number of alkyl halides is 4. The van der Waals surface area contributed by atoms with Crippen molar-refractivity contribution in [1.82, 2.24) is 5.32 Å². The van der Waals surface area contributed by atoms with Crippen molar-refractivity contribution in [1.29, 1.82) is 0 Å². The van der Waals surface area contributed by atoms with Crippen LogP contribution in [0, 0.1) is 12.8 Å². The van der Waals surface area contributed by atoms with Crippen molar-refractivity contribution in [3.8, 4) is 0 Å². The average molecular weight is 395 g/mol. The zero-order valence-electron chi connectivity index (χ0n) is 15.9. The minimum atomic E-state index is -4.50. The minimum Gasteiger partial charge on any atom is -0.376 e. The molecule has 2 aromatic rings. The summed E-state index contributed by atoms with van der Waals surface area (Å²) in [7, 11) is 0. The van der Waals surface area contributed by atoms with E-state index in [9.17, 15) is 17.6 Å². The van der Waals surface area contributed by atoms with Gasteiger partial charge in [-0.25, -0.2) is 4.39 Å². The molecule has 3 rings (SSSR count). The predicted molar refractivity (Wildman–Crippen MR) is 101 cm³/mol. The Morgan fingerprint density at radius 3 is 2.57 bits per heavy atom. The number of hydrogen-bond donors (Lipinski definition) is 1. The Labute approximate surface area is 162 Å². The molecule has 0 aliphatic carbocycles. The monoisotopic (exact) mass is 395 g/mol. The number of rotatable bonds is 6. The Kier molecular flexibility index (Phi) is 6.73. The number of benzene rings is 2. The van der Waals surface area contributed by atoms with Crippen molar-refractivity contribution in [3.63, 3.8) is 0 Å². The van der Waals surface area contributed by atoms with Crippen LogP contribution in [-0.2, 0) is 24.2 Å². The molecule has 1 saturated heterocycles.